The Morgan fingerprint density at radius 3 is 2.82 bits per heavy atom. The summed E-state index contributed by atoms with van der Waals surface area (Å²) in [5.41, 5.74) is 0. The number of guanidine groups is 1. The first kappa shape index (κ1) is 11.4. The van der Waals surface area contributed by atoms with Crippen LogP contribution >= 0.6 is 0 Å². The molecule has 0 aromatic carbocycles. The molecule has 1 unspecified atom stereocenters. The molecule has 1 aliphatic heterocycles. The molecule has 0 radical (unpaired) electrons. The zero-order valence-electron chi connectivity index (χ0n) is 10.9. The molecule has 1 heterocycles. The van der Waals surface area contributed by atoms with E-state index in [0.717, 1.165) is 36.8 Å². The summed E-state index contributed by atoms with van der Waals surface area (Å²) in [5, 5.41) is 6.85. The van der Waals surface area contributed by atoms with E-state index < -0.39 is 0 Å². The lowest BCUT2D eigenvalue weighted by Crippen LogP contribution is -2.38. The Balaban J connectivity index is 1.37. The van der Waals surface area contributed by atoms with E-state index in [1.54, 1.807) is 0 Å². The van der Waals surface area contributed by atoms with Crippen molar-refractivity contribution < 1.29 is 0 Å². The molecule has 2 N–H and O–H groups in total. The first-order valence-corrected chi connectivity index (χ1v) is 7.38. The van der Waals surface area contributed by atoms with Crippen LogP contribution in [0.25, 0.3) is 0 Å². The molecule has 2 saturated carbocycles. The fraction of sp³-hybridized carbons (Fsp3) is 0.929. The molecular weight excluding hydrogens is 210 g/mol. The van der Waals surface area contributed by atoms with Gasteiger partial charge in [-0.2, -0.15) is 0 Å². The standard InChI is InChI=1S/C14H25N3/c1-10-8-15-14(17-10)16-9-12-7-13(12)11-5-3-2-4-6-11/h10-13H,2-9H2,1H3,(H2,15,16,17)/t10?,12-,13-/m0/s1. The second kappa shape index (κ2) is 4.87. The molecule has 2 fully saturated rings. The summed E-state index contributed by atoms with van der Waals surface area (Å²) in [6.45, 7) is 4.25. The van der Waals surface area contributed by atoms with E-state index in [2.05, 4.69) is 22.5 Å². The summed E-state index contributed by atoms with van der Waals surface area (Å²) >= 11 is 0. The molecular formula is C14H25N3. The van der Waals surface area contributed by atoms with E-state index in [1.165, 1.54) is 38.5 Å². The van der Waals surface area contributed by atoms with E-state index in [9.17, 15) is 0 Å². The molecule has 0 amide bonds. The van der Waals surface area contributed by atoms with Crippen LogP contribution < -0.4 is 10.6 Å². The summed E-state index contributed by atoms with van der Waals surface area (Å²) in [7, 11) is 0. The third kappa shape index (κ3) is 2.75. The summed E-state index contributed by atoms with van der Waals surface area (Å²) < 4.78 is 0. The molecule has 96 valence electrons. The molecule has 3 rings (SSSR count). The number of aliphatic imine (C=N–C) groups is 1. The van der Waals surface area contributed by atoms with Crippen molar-refractivity contribution in [3.63, 3.8) is 0 Å². The Bertz CT molecular complexity index is 294. The van der Waals surface area contributed by atoms with Gasteiger partial charge >= 0.3 is 0 Å². The van der Waals surface area contributed by atoms with Crippen LogP contribution in [0, 0.1) is 17.8 Å². The van der Waals surface area contributed by atoms with E-state index >= 15 is 0 Å². The number of rotatable bonds is 3. The molecule has 3 atom stereocenters. The Morgan fingerprint density at radius 2 is 2.12 bits per heavy atom. The SMILES string of the molecule is CC1CN=C(NC[C@@H]2C[C@H]2C2CCCCC2)N1. The van der Waals surface area contributed by atoms with Crippen molar-refractivity contribution in [2.75, 3.05) is 13.1 Å². The lowest BCUT2D eigenvalue weighted by molar-refractivity contribution is 0.309. The van der Waals surface area contributed by atoms with Crippen molar-refractivity contribution in [1.82, 2.24) is 10.6 Å². The van der Waals surface area contributed by atoms with Crippen LogP contribution in [0.15, 0.2) is 4.99 Å². The summed E-state index contributed by atoms with van der Waals surface area (Å²) in [4.78, 5) is 4.45. The first-order chi connectivity index (χ1) is 8.33. The highest BCUT2D eigenvalue weighted by molar-refractivity contribution is 5.81. The molecule has 17 heavy (non-hydrogen) atoms. The van der Waals surface area contributed by atoms with Crippen molar-refractivity contribution in [3.8, 4) is 0 Å². The van der Waals surface area contributed by atoms with Gasteiger partial charge in [0.1, 0.15) is 0 Å². The Kier molecular flexibility index (Phi) is 3.26. The average Bonchev–Trinajstić information content (AvgIpc) is 3.03. The lowest BCUT2D eigenvalue weighted by Gasteiger charge is -2.21. The fourth-order valence-corrected chi connectivity index (χ4v) is 3.53. The van der Waals surface area contributed by atoms with Crippen molar-refractivity contribution in [1.29, 1.82) is 0 Å². The maximum absolute atomic E-state index is 4.45. The molecule has 0 spiro atoms. The van der Waals surface area contributed by atoms with Gasteiger partial charge < -0.3 is 10.6 Å². The van der Waals surface area contributed by atoms with Gasteiger partial charge in [-0.05, 0) is 31.1 Å². The summed E-state index contributed by atoms with van der Waals surface area (Å²) in [5.74, 6) is 4.04. The smallest absolute Gasteiger partial charge is 0.191 e. The first-order valence-electron chi connectivity index (χ1n) is 7.38. The Labute approximate surface area is 104 Å². The third-order valence-electron chi connectivity index (χ3n) is 4.67. The molecule has 2 aliphatic carbocycles. The lowest BCUT2D eigenvalue weighted by atomic mass is 9.85. The third-order valence-corrected chi connectivity index (χ3v) is 4.67. The minimum absolute atomic E-state index is 0.519. The van der Waals surface area contributed by atoms with E-state index in [-0.39, 0.29) is 0 Å². The highest BCUT2D eigenvalue weighted by atomic mass is 15.2. The van der Waals surface area contributed by atoms with E-state index in [1.807, 2.05) is 0 Å². The van der Waals surface area contributed by atoms with Crippen LogP contribution in [-0.2, 0) is 0 Å². The van der Waals surface area contributed by atoms with Crippen LogP contribution in [0.2, 0.25) is 0 Å². The highest BCUT2D eigenvalue weighted by Crippen LogP contribution is 2.48. The monoisotopic (exact) mass is 235 g/mol. The second-order valence-electron chi connectivity index (χ2n) is 6.17. The minimum Gasteiger partial charge on any atom is -0.356 e. The van der Waals surface area contributed by atoms with Gasteiger partial charge in [0.15, 0.2) is 5.96 Å². The number of hydrogen-bond acceptors (Lipinski definition) is 3. The molecule has 3 nitrogen and oxygen atoms in total. The predicted octanol–water partition coefficient (Wildman–Crippen LogP) is 2.14. The molecule has 0 aromatic rings. The van der Waals surface area contributed by atoms with Gasteiger partial charge in [0.05, 0.1) is 6.54 Å². The average molecular weight is 235 g/mol. The number of nitrogens with zero attached hydrogens (tertiary/aromatic N) is 1. The maximum atomic E-state index is 4.45. The quantitative estimate of drug-likeness (QED) is 0.786. The fourth-order valence-electron chi connectivity index (χ4n) is 3.53. The van der Waals surface area contributed by atoms with Gasteiger partial charge in [-0.25, -0.2) is 0 Å². The van der Waals surface area contributed by atoms with Crippen molar-refractivity contribution in [2.24, 2.45) is 22.7 Å². The van der Waals surface area contributed by atoms with Crippen molar-refractivity contribution >= 4 is 5.96 Å². The Hall–Kier alpha value is -0.730. The zero-order valence-corrected chi connectivity index (χ0v) is 10.9. The van der Waals surface area contributed by atoms with E-state index in [0.29, 0.717) is 6.04 Å². The van der Waals surface area contributed by atoms with Gasteiger partial charge in [0.25, 0.3) is 0 Å². The minimum atomic E-state index is 0.519. The zero-order chi connectivity index (χ0) is 11.7. The van der Waals surface area contributed by atoms with Gasteiger partial charge in [-0.1, -0.05) is 32.1 Å². The maximum Gasteiger partial charge on any atom is 0.191 e. The molecule has 0 aromatic heterocycles. The molecule has 3 aliphatic rings. The van der Waals surface area contributed by atoms with Gasteiger partial charge in [0, 0.05) is 12.6 Å². The van der Waals surface area contributed by atoms with Crippen LogP contribution in [0.3, 0.4) is 0 Å². The largest absolute Gasteiger partial charge is 0.356 e. The Morgan fingerprint density at radius 1 is 1.29 bits per heavy atom. The number of hydrogen-bond donors (Lipinski definition) is 2. The van der Waals surface area contributed by atoms with Crippen LogP contribution in [0.4, 0.5) is 0 Å². The van der Waals surface area contributed by atoms with Crippen LogP contribution in [0.1, 0.15) is 45.4 Å². The molecule has 0 bridgehead atoms. The van der Waals surface area contributed by atoms with Gasteiger partial charge in [-0.3, -0.25) is 4.99 Å². The van der Waals surface area contributed by atoms with Crippen molar-refractivity contribution in [2.45, 2.75) is 51.5 Å². The van der Waals surface area contributed by atoms with Crippen LogP contribution in [-0.4, -0.2) is 25.1 Å². The highest BCUT2D eigenvalue weighted by Gasteiger charge is 2.42. The topological polar surface area (TPSA) is 36.4 Å². The van der Waals surface area contributed by atoms with Gasteiger partial charge in [0.2, 0.25) is 0 Å². The second-order valence-corrected chi connectivity index (χ2v) is 6.17. The van der Waals surface area contributed by atoms with Crippen molar-refractivity contribution in [3.05, 3.63) is 0 Å². The normalized spacial score (nSPS) is 37.5. The van der Waals surface area contributed by atoms with Gasteiger partial charge in [-0.15, -0.1) is 0 Å². The molecule has 3 heteroatoms. The molecule has 0 saturated heterocycles. The van der Waals surface area contributed by atoms with E-state index in [4.69, 9.17) is 0 Å². The number of nitrogens with one attached hydrogen (secondary N) is 2. The summed E-state index contributed by atoms with van der Waals surface area (Å²) in [6, 6.07) is 0.519. The van der Waals surface area contributed by atoms with Crippen LogP contribution in [0.5, 0.6) is 0 Å². The predicted molar refractivity (Wildman–Crippen MR) is 71.1 cm³/mol. The summed E-state index contributed by atoms with van der Waals surface area (Å²) in [6.07, 6.45) is 8.89.